The monoisotopic (exact) mass is 329 g/mol. The van der Waals surface area contributed by atoms with Crippen LogP contribution < -0.4 is 4.72 Å². The zero-order chi connectivity index (χ0) is 13.4. The van der Waals surface area contributed by atoms with E-state index in [1.54, 1.807) is 7.11 Å². The van der Waals surface area contributed by atoms with E-state index in [9.17, 15) is 8.42 Å². The van der Waals surface area contributed by atoms with Crippen LogP contribution in [0.2, 0.25) is 0 Å². The van der Waals surface area contributed by atoms with Gasteiger partial charge in [-0.2, -0.15) is 0 Å². The van der Waals surface area contributed by atoms with Gasteiger partial charge in [-0.05, 0) is 24.7 Å². The Hall–Kier alpha value is 0.350. The summed E-state index contributed by atoms with van der Waals surface area (Å²) >= 11 is 3.47. The van der Waals surface area contributed by atoms with Crippen molar-refractivity contribution in [1.29, 1.82) is 0 Å². The van der Waals surface area contributed by atoms with Crippen LogP contribution in [0.4, 0.5) is 0 Å². The number of alkyl halides is 1. The van der Waals surface area contributed by atoms with Gasteiger partial charge in [0, 0.05) is 25.6 Å². The van der Waals surface area contributed by atoms with Crippen molar-refractivity contribution in [2.45, 2.75) is 33.1 Å². The summed E-state index contributed by atoms with van der Waals surface area (Å²) in [6.45, 7) is 5.15. The maximum Gasteiger partial charge on any atom is 0.211 e. The second-order valence-corrected chi connectivity index (χ2v) is 6.81. The Kier molecular flexibility index (Phi) is 8.63. The molecule has 0 aliphatic heterocycles. The van der Waals surface area contributed by atoms with Gasteiger partial charge in [-0.25, -0.2) is 13.1 Å². The second kappa shape index (κ2) is 8.45. The van der Waals surface area contributed by atoms with Gasteiger partial charge < -0.3 is 4.74 Å². The minimum Gasteiger partial charge on any atom is -0.385 e. The molecule has 0 heterocycles. The Bertz CT molecular complexity index is 281. The highest BCUT2D eigenvalue weighted by Gasteiger charge is 2.26. The quantitative estimate of drug-likeness (QED) is 0.493. The van der Waals surface area contributed by atoms with Crippen molar-refractivity contribution in [2.75, 3.05) is 31.3 Å². The predicted molar refractivity (Wildman–Crippen MR) is 75.1 cm³/mol. The molecule has 4 nitrogen and oxygen atoms in total. The molecular formula is C11H24BrNO3S. The van der Waals surface area contributed by atoms with Crippen LogP contribution in [0, 0.1) is 5.41 Å². The number of halogens is 1. The van der Waals surface area contributed by atoms with Crippen LogP contribution in [0.3, 0.4) is 0 Å². The summed E-state index contributed by atoms with van der Waals surface area (Å²) in [5, 5.41) is 0.813. The van der Waals surface area contributed by atoms with E-state index in [0.717, 1.165) is 18.2 Å². The van der Waals surface area contributed by atoms with E-state index >= 15 is 0 Å². The summed E-state index contributed by atoms with van der Waals surface area (Å²) in [5.74, 6) is 0.132. The lowest BCUT2D eigenvalue weighted by Gasteiger charge is -2.29. The van der Waals surface area contributed by atoms with E-state index in [0.29, 0.717) is 19.6 Å². The molecule has 0 bridgehead atoms. The molecule has 0 aliphatic rings. The first-order valence-corrected chi connectivity index (χ1v) is 8.75. The van der Waals surface area contributed by atoms with Crippen molar-refractivity contribution in [3.05, 3.63) is 0 Å². The van der Waals surface area contributed by atoms with Crippen LogP contribution in [-0.2, 0) is 14.8 Å². The summed E-state index contributed by atoms with van der Waals surface area (Å²) in [7, 11) is -1.59. The summed E-state index contributed by atoms with van der Waals surface area (Å²) in [5.41, 5.74) is 0.0221. The Morgan fingerprint density at radius 2 is 1.88 bits per heavy atom. The predicted octanol–water partition coefficient (Wildman–Crippen LogP) is 2.14. The fourth-order valence-electron chi connectivity index (χ4n) is 1.46. The molecule has 0 fully saturated rings. The number of ether oxygens (including phenoxy) is 1. The van der Waals surface area contributed by atoms with Gasteiger partial charge in [0.15, 0.2) is 0 Å². The fraction of sp³-hybridized carbons (Fsp3) is 1.00. The molecule has 0 saturated heterocycles. The van der Waals surface area contributed by atoms with Crippen LogP contribution in [0.15, 0.2) is 0 Å². The second-order valence-electron chi connectivity index (χ2n) is 4.33. The Labute approximate surface area is 114 Å². The van der Waals surface area contributed by atoms with Crippen LogP contribution >= 0.6 is 15.9 Å². The van der Waals surface area contributed by atoms with E-state index in [2.05, 4.69) is 34.5 Å². The van der Waals surface area contributed by atoms with Crippen molar-refractivity contribution in [3.63, 3.8) is 0 Å². The molecule has 0 radical (unpaired) electrons. The fourth-order valence-corrected chi connectivity index (χ4v) is 3.62. The molecule has 0 aromatic heterocycles. The first-order chi connectivity index (χ1) is 7.95. The third-order valence-electron chi connectivity index (χ3n) is 3.21. The molecule has 0 spiro atoms. The van der Waals surface area contributed by atoms with E-state index < -0.39 is 10.0 Å². The lowest BCUT2D eigenvalue weighted by Crippen LogP contribution is -2.39. The van der Waals surface area contributed by atoms with Gasteiger partial charge in [-0.3, -0.25) is 0 Å². The van der Waals surface area contributed by atoms with Crippen LogP contribution in [0.1, 0.15) is 33.1 Å². The molecule has 0 rings (SSSR count). The average molecular weight is 330 g/mol. The van der Waals surface area contributed by atoms with Crippen molar-refractivity contribution >= 4 is 26.0 Å². The molecule has 0 atom stereocenters. The summed E-state index contributed by atoms with van der Waals surface area (Å²) in [6.07, 6.45) is 2.44. The topological polar surface area (TPSA) is 55.4 Å². The first-order valence-electron chi connectivity index (χ1n) is 5.97. The average Bonchev–Trinajstić information content (AvgIpc) is 2.32. The lowest BCUT2D eigenvalue weighted by molar-refractivity contribution is 0.199. The van der Waals surface area contributed by atoms with E-state index in [1.165, 1.54) is 0 Å². The van der Waals surface area contributed by atoms with Crippen LogP contribution in [-0.4, -0.2) is 39.8 Å². The van der Waals surface area contributed by atoms with E-state index in [1.807, 2.05) is 0 Å². The number of hydrogen-bond acceptors (Lipinski definition) is 3. The number of hydrogen-bond donors (Lipinski definition) is 1. The third-order valence-corrected chi connectivity index (χ3v) is 5.81. The minimum atomic E-state index is -3.17. The maximum atomic E-state index is 11.7. The highest BCUT2D eigenvalue weighted by Crippen LogP contribution is 2.27. The summed E-state index contributed by atoms with van der Waals surface area (Å²) in [4.78, 5) is 0. The molecule has 1 N–H and O–H groups in total. The van der Waals surface area contributed by atoms with Gasteiger partial charge in [0.1, 0.15) is 0 Å². The summed E-state index contributed by atoms with van der Waals surface area (Å²) < 4.78 is 31.0. The van der Waals surface area contributed by atoms with E-state index in [4.69, 9.17) is 4.74 Å². The molecule has 0 aliphatic carbocycles. The third kappa shape index (κ3) is 6.74. The van der Waals surface area contributed by atoms with Gasteiger partial charge in [0.25, 0.3) is 0 Å². The van der Waals surface area contributed by atoms with Gasteiger partial charge >= 0.3 is 0 Å². The molecule has 104 valence electrons. The molecular weight excluding hydrogens is 306 g/mol. The van der Waals surface area contributed by atoms with Gasteiger partial charge in [0.05, 0.1) is 5.75 Å². The summed E-state index contributed by atoms with van der Waals surface area (Å²) in [6, 6.07) is 0. The number of methoxy groups -OCH3 is 1. The van der Waals surface area contributed by atoms with E-state index in [-0.39, 0.29) is 11.2 Å². The van der Waals surface area contributed by atoms with Crippen LogP contribution in [0.25, 0.3) is 0 Å². The minimum absolute atomic E-state index is 0.0221. The van der Waals surface area contributed by atoms with Crippen molar-refractivity contribution in [3.8, 4) is 0 Å². The molecule has 17 heavy (non-hydrogen) atoms. The highest BCUT2D eigenvalue weighted by molar-refractivity contribution is 9.09. The molecule has 0 aromatic carbocycles. The maximum absolute atomic E-state index is 11.7. The number of rotatable bonds is 10. The number of nitrogens with one attached hydrogen (secondary N) is 1. The normalized spacial score (nSPS) is 12.9. The molecule has 6 heteroatoms. The smallest absolute Gasteiger partial charge is 0.211 e. The van der Waals surface area contributed by atoms with Gasteiger partial charge in [-0.15, -0.1) is 0 Å². The first kappa shape index (κ1) is 17.4. The Morgan fingerprint density at radius 3 is 2.29 bits per heavy atom. The SMILES string of the molecule is CCC(CC)(CBr)CNS(=O)(=O)CCCOC. The number of sulfonamides is 1. The largest absolute Gasteiger partial charge is 0.385 e. The van der Waals surface area contributed by atoms with Crippen molar-refractivity contribution in [2.24, 2.45) is 5.41 Å². The standard InChI is InChI=1S/C11H24BrNO3S/c1-4-11(5-2,9-12)10-13-17(14,15)8-6-7-16-3/h13H,4-10H2,1-3H3. The van der Waals surface area contributed by atoms with Crippen LogP contribution in [0.5, 0.6) is 0 Å². The highest BCUT2D eigenvalue weighted by atomic mass is 79.9. The van der Waals surface area contributed by atoms with Gasteiger partial charge in [-0.1, -0.05) is 29.8 Å². The molecule has 0 saturated carbocycles. The Morgan fingerprint density at radius 1 is 1.29 bits per heavy atom. The van der Waals surface area contributed by atoms with Crippen molar-refractivity contribution < 1.29 is 13.2 Å². The zero-order valence-electron chi connectivity index (χ0n) is 11.0. The lowest BCUT2D eigenvalue weighted by atomic mass is 9.85. The van der Waals surface area contributed by atoms with Gasteiger partial charge in [0.2, 0.25) is 10.0 Å². The molecule has 0 aromatic rings. The molecule has 0 unspecified atom stereocenters. The molecule has 0 amide bonds. The Balaban J connectivity index is 4.24. The van der Waals surface area contributed by atoms with Crippen molar-refractivity contribution in [1.82, 2.24) is 4.72 Å². The zero-order valence-corrected chi connectivity index (χ0v) is 13.4.